The molecule has 0 fully saturated rings. The van der Waals surface area contributed by atoms with E-state index in [0.717, 1.165) is 24.7 Å². The Labute approximate surface area is 145 Å². The lowest BCUT2D eigenvalue weighted by atomic mass is 9.95. The first-order chi connectivity index (χ1) is 11.6. The fourth-order valence-electron chi connectivity index (χ4n) is 3.09. The van der Waals surface area contributed by atoms with E-state index in [1.165, 1.54) is 43.9 Å². The topological polar surface area (TPSA) is 47.6 Å². The number of carbonyl (C=O) groups excluding carboxylic acids is 1. The zero-order valence-electron chi connectivity index (χ0n) is 15.3. The largest absolute Gasteiger partial charge is 0.494 e. The Hall–Kier alpha value is -1.55. The first-order valence-corrected chi connectivity index (χ1v) is 9.16. The van der Waals surface area contributed by atoms with Crippen LogP contribution in [0.3, 0.4) is 0 Å². The summed E-state index contributed by atoms with van der Waals surface area (Å²) >= 11 is 0. The first kappa shape index (κ1) is 18.8. The van der Waals surface area contributed by atoms with Crippen molar-refractivity contribution in [3.05, 3.63) is 29.3 Å². The summed E-state index contributed by atoms with van der Waals surface area (Å²) in [5.74, 6) is 1.54. The van der Waals surface area contributed by atoms with E-state index < -0.39 is 0 Å². The lowest BCUT2D eigenvalue weighted by Crippen LogP contribution is -2.42. The average Bonchev–Trinajstić information content (AvgIpc) is 2.59. The Morgan fingerprint density at radius 3 is 2.75 bits per heavy atom. The minimum Gasteiger partial charge on any atom is -0.494 e. The van der Waals surface area contributed by atoms with Crippen molar-refractivity contribution in [3.8, 4) is 5.75 Å². The van der Waals surface area contributed by atoms with Gasteiger partial charge in [0.15, 0.2) is 0 Å². The number of nitrogens with one attached hydrogen (secondary N) is 1. The molecule has 0 saturated carbocycles. The SMILES string of the molecule is COC(=O)[C@@H]1Cc2ccc(OCCCCCCC(C)C)cc2CN1. The Morgan fingerprint density at radius 2 is 2.00 bits per heavy atom. The number of ether oxygens (including phenoxy) is 2. The van der Waals surface area contributed by atoms with Crippen molar-refractivity contribution in [2.24, 2.45) is 5.92 Å². The zero-order valence-corrected chi connectivity index (χ0v) is 15.3. The minimum absolute atomic E-state index is 0.196. The van der Waals surface area contributed by atoms with Crippen molar-refractivity contribution in [2.45, 2.75) is 65.0 Å². The van der Waals surface area contributed by atoms with Crippen LogP contribution in [-0.2, 0) is 22.5 Å². The van der Waals surface area contributed by atoms with Gasteiger partial charge in [0.1, 0.15) is 11.8 Å². The number of rotatable bonds is 9. The molecule has 0 saturated heterocycles. The smallest absolute Gasteiger partial charge is 0.323 e. The fraction of sp³-hybridized carbons (Fsp3) is 0.650. The highest BCUT2D eigenvalue weighted by atomic mass is 16.5. The van der Waals surface area contributed by atoms with Crippen LogP contribution in [0.15, 0.2) is 18.2 Å². The van der Waals surface area contributed by atoms with Gasteiger partial charge >= 0.3 is 5.97 Å². The van der Waals surface area contributed by atoms with Crippen LogP contribution in [0, 0.1) is 5.92 Å². The monoisotopic (exact) mass is 333 g/mol. The molecular formula is C20H31NO3. The number of methoxy groups -OCH3 is 1. The third kappa shape index (κ3) is 5.82. The third-order valence-corrected chi connectivity index (χ3v) is 4.57. The van der Waals surface area contributed by atoms with Gasteiger partial charge in [-0.15, -0.1) is 0 Å². The zero-order chi connectivity index (χ0) is 17.4. The molecule has 4 heteroatoms. The maximum Gasteiger partial charge on any atom is 0.323 e. The Bertz CT molecular complexity index is 528. The van der Waals surface area contributed by atoms with Crippen LogP contribution in [0.25, 0.3) is 0 Å². The number of benzene rings is 1. The molecule has 1 N–H and O–H groups in total. The highest BCUT2D eigenvalue weighted by Crippen LogP contribution is 2.23. The summed E-state index contributed by atoms with van der Waals surface area (Å²) < 4.78 is 10.7. The maximum absolute atomic E-state index is 11.6. The Kier molecular flexibility index (Phi) is 7.57. The van der Waals surface area contributed by atoms with E-state index in [-0.39, 0.29) is 12.0 Å². The molecule has 134 valence electrons. The van der Waals surface area contributed by atoms with Crippen LogP contribution in [0.2, 0.25) is 0 Å². The molecule has 0 aliphatic carbocycles. The van der Waals surface area contributed by atoms with Gasteiger partial charge in [-0.3, -0.25) is 4.79 Å². The molecule has 4 nitrogen and oxygen atoms in total. The molecule has 24 heavy (non-hydrogen) atoms. The molecule has 0 spiro atoms. The summed E-state index contributed by atoms with van der Waals surface area (Å²) in [6.07, 6.45) is 6.97. The lowest BCUT2D eigenvalue weighted by Gasteiger charge is -2.24. The minimum atomic E-state index is -0.236. The molecule has 0 unspecified atom stereocenters. The predicted molar refractivity (Wildman–Crippen MR) is 96.2 cm³/mol. The van der Waals surface area contributed by atoms with E-state index in [2.05, 4.69) is 31.3 Å². The molecule has 0 aromatic heterocycles. The molecule has 0 bridgehead atoms. The van der Waals surface area contributed by atoms with Crippen LogP contribution in [0.1, 0.15) is 57.1 Å². The molecule has 0 radical (unpaired) electrons. The quantitative estimate of drug-likeness (QED) is 0.551. The summed E-state index contributed by atoms with van der Waals surface area (Å²) in [7, 11) is 1.43. The average molecular weight is 333 g/mol. The fourth-order valence-corrected chi connectivity index (χ4v) is 3.09. The number of hydrogen-bond acceptors (Lipinski definition) is 4. The van der Waals surface area contributed by atoms with Crippen LogP contribution in [0.4, 0.5) is 0 Å². The molecule has 1 aromatic rings. The van der Waals surface area contributed by atoms with Crippen molar-refractivity contribution < 1.29 is 14.3 Å². The van der Waals surface area contributed by atoms with Crippen molar-refractivity contribution in [1.82, 2.24) is 5.32 Å². The summed E-state index contributed by atoms with van der Waals surface area (Å²) in [5, 5.41) is 3.22. The number of carbonyl (C=O) groups is 1. The van der Waals surface area contributed by atoms with Crippen LogP contribution in [-0.4, -0.2) is 25.7 Å². The summed E-state index contributed by atoms with van der Waals surface area (Å²) in [6, 6.07) is 5.94. The second-order valence-corrected chi connectivity index (χ2v) is 7.04. The van der Waals surface area contributed by atoms with Gasteiger partial charge in [0.25, 0.3) is 0 Å². The van der Waals surface area contributed by atoms with E-state index >= 15 is 0 Å². The number of unbranched alkanes of at least 4 members (excludes halogenated alkanes) is 3. The summed E-state index contributed by atoms with van der Waals surface area (Å²) in [6.45, 7) is 6.02. The van der Waals surface area contributed by atoms with Gasteiger partial charge in [0.2, 0.25) is 0 Å². The van der Waals surface area contributed by atoms with Gasteiger partial charge in [-0.1, -0.05) is 45.6 Å². The van der Waals surface area contributed by atoms with E-state index in [9.17, 15) is 4.79 Å². The van der Waals surface area contributed by atoms with Gasteiger partial charge in [-0.2, -0.15) is 0 Å². The first-order valence-electron chi connectivity index (χ1n) is 9.16. The summed E-state index contributed by atoms with van der Waals surface area (Å²) in [4.78, 5) is 11.6. The van der Waals surface area contributed by atoms with Crippen LogP contribution in [0.5, 0.6) is 5.75 Å². The highest BCUT2D eigenvalue weighted by molar-refractivity contribution is 5.76. The van der Waals surface area contributed by atoms with Crippen molar-refractivity contribution in [2.75, 3.05) is 13.7 Å². The second-order valence-electron chi connectivity index (χ2n) is 7.04. The van der Waals surface area contributed by atoms with Crippen molar-refractivity contribution >= 4 is 5.97 Å². The van der Waals surface area contributed by atoms with Crippen LogP contribution >= 0.6 is 0 Å². The Morgan fingerprint density at radius 1 is 1.21 bits per heavy atom. The maximum atomic E-state index is 11.6. The lowest BCUT2D eigenvalue weighted by molar-refractivity contribution is -0.143. The molecule has 1 heterocycles. The van der Waals surface area contributed by atoms with E-state index in [4.69, 9.17) is 9.47 Å². The van der Waals surface area contributed by atoms with E-state index in [0.29, 0.717) is 13.0 Å². The van der Waals surface area contributed by atoms with Gasteiger partial charge < -0.3 is 14.8 Å². The predicted octanol–water partition coefficient (Wildman–Crippen LogP) is 3.86. The number of hydrogen-bond donors (Lipinski definition) is 1. The molecule has 1 atom stereocenters. The van der Waals surface area contributed by atoms with E-state index in [1.54, 1.807) is 0 Å². The molecule has 1 aromatic carbocycles. The molecule has 1 aliphatic heterocycles. The molecule has 0 amide bonds. The molecule has 2 rings (SSSR count). The number of esters is 1. The van der Waals surface area contributed by atoms with Gasteiger partial charge in [-0.25, -0.2) is 0 Å². The standard InChI is InChI=1S/C20H31NO3/c1-15(2)8-6-4-5-7-11-24-18-10-9-16-13-19(20(22)23-3)21-14-17(16)12-18/h9-10,12,15,19,21H,4-8,11,13-14H2,1-3H3/t19-/m0/s1. The van der Waals surface area contributed by atoms with E-state index in [1.807, 2.05) is 6.07 Å². The Balaban J connectivity index is 1.72. The number of fused-ring (bicyclic) bond motifs is 1. The van der Waals surface area contributed by atoms with Gasteiger partial charge in [0.05, 0.1) is 13.7 Å². The third-order valence-electron chi connectivity index (χ3n) is 4.57. The normalized spacial score (nSPS) is 16.8. The molecule has 1 aliphatic rings. The van der Waals surface area contributed by atoms with Crippen LogP contribution < -0.4 is 10.1 Å². The van der Waals surface area contributed by atoms with Crippen molar-refractivity contribution in [1.29, 1.82) is 0 Å². The second kappa shape index (κ2) is 9.67. The summed E-state index contributed by atoms with van der Waals surface area (Å²) in [5.41, 5.74) is 2.41. The molecular weight excluding hydrogens is 302 g/mol. The highest BCUT2D eigenvalue weighted by Gasteiger charge is 2.24. The van der Waals surface area contributed by atoms with Gasteiger partial charge in [-0.05, 0) is 42.0 Å². The van der Waals surface area contributed by atoms with Gasteiger partial charge in [0, 0.05) is 6.54 Å². The van der Waals surface area contributed by atoms with Crippen molar-refractivity contribution in [3.63, 3.8) is 0 Å².